The number of likely N-dealkylation sites (N-methyl/N-ethyl adjacent to an activating group) is 1. The van der Waals surface area contributed by atoms with Crippen LogP contribution in [0.4, 0.5) is 0 Å². The van der Waals surface area contributed by atoms with Crippen molar-refractivity contribution < 1.29 is 18.9 Å². The molecular formula is C18H28N6O4. The Balaban J connectivity index is 0.00000171. The first-order valence-corrected chi connectivity index (χ1v) is 8.45. The van der Waals surface area contributed by atoms with E-state index in [0.29, 0.717) is 11.5 Å². The molecule has 10 nitrogen and oxygen atoms in total. The molecule has 0 aliphatic rings. The predicted molar refractivity (Wildman–Crippen MR) is 106 cm³/mol. The topological polar surface area (TPSA) is 179 Å². The third-order valence-electron chi connectivity index (χ3n) is 3.26. The van der Waals surface area contributed by atoms with Crippen LogP contribution >= 0.6 is 0 Å². The van der Waals surface area contributed by atoms with E-state index in [-0.39, 0.29) is 12.8 Å². The van der Waals surface area contributed by atoms with Gasteiger partial charge in [0.05, 0.1) is 18.5 Å². The van der Waals surface area contributed by atoms with Gasteiger partial charge in [-0.15, -0.1) is 0 Å². The van der Waals surface area contributed by atoms with Gasteiger partial charge in [-0.05, 0) is 14.1 Å². The van der Waals surface area contributed by atoms with Crippen molar-refractivity contribution in [3.63, 3.8) is 0 Å². The maximum atomic E-state index is 12.0. The number of carbonyl (C=O) groups excluding carboxylic acids is 3. The van der Waals surface area contributed by atoms with Crippen molar-refractivity contribution in [1.29, 1.82) is 0 Å². The largest absolute Gasteiger partial charge is 0.370 e. The first kappa shape index (κ1) is 24.8. The molecule has 0 saturated carbocycles. The standard InChI is InChI=1S/C16H18N4O4.2CH5N/c1-18-16(23)12(9-14(17)21)19-15(22)8-11-7-13(24-20-11)10-5-3-2-4-6-10;2*1-2/h2-7,12H,8-9H2,1H3,(H2,17,21)(H,18,23)(H,19,22);2*2H2,1H3/t12-;;/m0../s1. The molecule has 0 saturated heterocycles. The van der Waals surface area contributed by atoms with E-state index in [4.69, 9.17) is 10.3 Å². The summed E-state index contributed by atoms with van der Waals surface area (Å²) >= 11 is 0. The number of amides is 3. The molecule has 1 heterocycles. The van der Waals surface area contributed by atoms with Crippen LogP contribution in [0.3, 0.4) is 0 Å². The third kappa shape index (κ3) is 8.43. The second-order valence-electron chi connectivity index (χ2n) is 5.13. The summed E-state index contributed by atoms with van der Waals surface area (Å²) in [4.78, 5) is 34.7. The fourth-order valence-electron chi connectivity index (χ4n) is 2.13. The Bertz CT molecular complexity index is 733. The molecule has 10 heteroatoms. The smallest absolute Gasteiger partial charge is 0.242 e. The fraction of sp³-hybridized carbons (Fsp3) is 0.333. The molecule has 3 amide bonds. The molecule has 0 aliphatic carbocycles. The summed E-state index contributed by atoms with van der Waals surface area (Å²) in [5, 5.41) is 8.67. The van der Waals surface area contributed by atoms with Gasteiger partial charge in [0, 0.05) is 18.7 Å². The summed E-state index contributed by atoms with van der Waals surface area (Å²) in [6, 6.07) is 9.96. The SMILES string of the molecule is CN.CN.CNC(=O)[C@H](CC(N)=O)NC(=O)Cc1cc(-c2ccccc2)on1. The van der Waals surface area contributed by atoms with Crippen LogP contribution in [0.2, 0.25) is 0 Å². The zero-order chi connectivity index (χ0) is 21.5. The van der Waals surface area contributed by atoms with Gasteiger partial charge >= 0.3 is 0 Å². The summed E-state index contributed by atoms with van der Waals surface area (Å²) in [5.74, 6) is -1.10. The number of nitrogens with two attached hydrogens (primary N) is 3. The summed E-state index contributed by atoms with van der Waals surface area (Å²) in [6.07, 6.45) is -0.359. The van der Waals surface area contributed by atoms with Gasteiger partial charge in [-0.1, -0.05) is 35.5 Å². The van der Waals surface area contributed by atoms with Crippen molar-refractivity contribution in [3.05, 3.63) is 42.1 Å². The minimum absolute atomic E-state index is 0.0808. The molecule has 2 rings (SSSR count). The van der Waals surface area contributed by atoms with Gasteiger partial charge in [0.15, 0.2) is 5.76 Å². The number of carbonyl (C=O) groups is 3. The highest BCUT2D eigenvalue weighted by molar-refractivity contribution is 5.91. The monoisotopic (exact) mass is 392 g/mol. The van der Waals surface area contributed by atoms with E-state index in [9.17, 15) is 14.4 Å². The average molecular weight is 392 g/mol. The summed E-state index contributed by atoms with van der Waals surface area (Å²) in [5.41, 5.74) is 15.3. The van der Waals surface area contributed by atoms with Crippen molar-refractivity contribution in [1.82, 2.24) is 15.8 Å². The Morgan fingerprint density at radius 2 is 1.71 bits per heavy atom. The molecule has 0 radical (unpaired) electrons. The predicted octanol–water partition coefficient (Wildman–Crippen LogP) is -0.860. The number of hydrogen-bond donors (Lipinski definition) is 5. The molecule has 0 unspecified atom stereocenters. The van der Waals surface area contributed by atoms with Gasteiger partial charge in [0.2, 0.25) is 17.7 Å². The normalized spacial score (nSPS) is 10.3. The zero-order valence-electron chi connectivity index (χ0n) is 16.3. The van der Waals surface area contributed by atoms with Crippen LogP contribution in [0.15, 0.2) is 40.9 Å². The van der Waals surface area contributed by atoms with E-state index >= 15 is 0 Å². The molecule has 8 N–H and O–H groups in total. The number of benzene rings is 1. The lowest BCUT2D eigenvalue weighted by Crippen LogP contribution is -2.48. The Kier molecular flexibility index (Phi) is 12.3. The van der Waals surface area contributed by atoms with Crippen molar-refractivity contribution in [2.75, 3.05) is 21.1 Å². The molecule has 1 aromatic heterocycles. The quantitative estimate of drug-likeness (QED) is 0.406. The maximum absolute atomic E-state index is 12.0. The van der Waals surface area contributed by atoms with E-state index in [0.717, 1.165) is 5.56 Å². The summed E-state index contributed by atoms with van der Waals surface area (Å²) in [6.45, 7) is 0. The summed E-state index contributed by atoms with van der Waals surface area (Å²) < 4.78 is 5.21. The molecule has 0 fully saturated rings. The van der Waals surface area contributed by atoms with Gasteiger partial charge in [0.25, 0.3) is 0 Å². The van der Waals surface area contributed by atoms with E-state index in [1.54, 1.807) is 6.07 Å². The third-order valence-corrected chi connectivity index (χ3v) is 3.26. The second-order valence-corrected chi connectivity index (χ2v) is 5.13. The molecule has 0 aliphatic heterocycles. The molecule has 0 spiro atoms. The molecule has 2 aromatic rings. The number of rotatable bonds is 7. The van der Waals surface area contributed by atoms with E-state index in [1.165, 1.54) is 21.1 Å². The van der Waals surface area contributed by atoms with E-state index in [2.05, 4.69) is 27.3 Å². The zero-order valence-corrected chi connectivity index (χ0v) is 16.3. The van der Waals surface area contributed by atoms with Gasteiger partial charge < -0.3 is 32.4 Å². The molecule has 154 valence electrons. The van der Waals surface area contributed by atoms with Gasteiger partial charge in [-0.25, -0.2) is 0 Å². The number of hydrogen-bond acceptors (Lipinski definition) is 7. The minimum Gasteiger partial charge on any atom is -0.370 e. The highest BCUT2D eigenvalue weighted by Gasteiger charge is 2.22. The first-order chi connectivity index (χ1) is 13.5. The van der Waals surface area contributed by atoms with Crippen molar-refractivity contribution >= 4 is 17.7 Å². The van der Waals surface area contributed by atoms with Crippen molar-refractivity contribution in [3.8, 4) is 11.3 Å². The van der Waals surface area contributed by atoms with E-state index in [1.807, 2.05) is 30.3 Å². The number of nitrogens with one attached hydrogen (secondary N) is 2. The molecule has 0 bridgehead atoms. The van der Waals surface area contributed by atoms with Crippen LogP contribution < -0.4 is 27.8 Å². The van der Waals surface area contributed by atoms with Crippen LogP contribution in [0.1, 0.15) is 12.1 Å². The Labute approximate surface area is 163 Å². The molecule has 28 heavy (non-hydrogen) atoms. The highest BCUT2D eigenvalue weighted by Crippen LogP contribution is 2.19. The van der Waals surface area contributed by atoms with Gasteiger partial charge in [0.1, 0.15) is 6.04 Å². The second kappa shape index (κ2) is 13.9. The number of aromatic nitrogens is 1. The maximum Gasteiger partial charge on any atom is 0.242 e. The van der Waals surface area contributed by atoms with Crippen LogP contribution in [0.25, 0.3) is 11.3 Å². The van der Waals surface area contributed by atoms with Crippen molar-refractivity contribution in [2.24, 2.45) is 17.2 Å². The van der Waals surface area contributed by atoms with Gasteiger partial charge in [-0.2, -0.15) is 0 Å². The minimum atomic E-state index is -1.01. The molecular weight excluding hydrogens is 364 g/mol. The first-order valence-electron chi connectivity index (χ1n) is 8.45. The molecule has 1 atom stereocenters. The highest BCUT2D eigenvalue weighted by atomic mass is 16.5. The van der Waals surface area contributed by atoms with Crippen LogP contribution in [-0.2, 0) is 20.8 Å². The Morgan fingerprint density at radius 1 is 1.11 bits per heavy atom. The number of nitrogens with zero attached hydrogens (tertiary/aromatic N) is 1. The number of primary amides is 1. The van der Waals surface area contributed by atoms with Crippen LogP contribution in [0.5, 0.6) is 0 Å². The van der Waals surface area contributed by atoms with Crippen LogP contribution in [0, 0.1) is 0 Å². The average Bonchev–Trinajstić information content (AvgIpc) is 3.18. The lowest BCUT2D eigenvalue weighted by atomic mass is 10.1. The summed E-state index contributed by atoms with van der Waals surface area (Å²) in [7, 11) is 4.41. The Hall–Kier alpha value is -3.24. The molecule has 1 aromatic carbocycles. The van der Waals surface area contributed by atoms with Crippen molar-refractivity contribution in [2.45, 2.75) is 18.9 Å². The lowest BCUT2D eigenvalue weighted by molar-refractivity contribution is -0.130. The van der Waals surface area contributed by atoms with E-state index < -0.39 is 23.8 Å². The Morgan fingerprint density at radius 3 is 2.25 bits per heavy atom. The fourth-order valence-corrected chi connectivity index (χ4v) is 2.13. The van der Waals surface area contributed by atoms with Gasteiger partial charge in [-0.3, -0.25) is 14.4 Å². The van der Waals surface area contributed by atoms with Crippen LogP contribution in [-0.4, -0.2) is 50.1 Å². The lowest BCUT2D eigenvalue weighted by Gasteiger charge is -2.15.